The van der Waals surface area contributed by atoms with E-state index < -0.39 is 0 Å². The largest absolute Gasteiger partial charge is 0.496 e. The number of ether oxygens (including phenoxy) is 1. The molecule has 3 aromatic rings. The summed E-state index contributed by atoms with van der Waals surface area (Å²) in [7, 11) is 1.66. The predicted molar refractivity (Wildman–Crippen MR) is 79.0 cm³/mol. The third-order valence-corrected chi connectivity index (χ3v) is 3.54. The quantitative estimate of drug-likeness (QED) is 0.736. The molecule has 2 heterocycles. The maximum absolute atomic E-state index is 5.44. The normalized spacial score (nSPS) is 10.6. The van der Waals surface area contributed by atoms with Gasteiger partial charge in [-0.25, -0.2) is 9.97 Å². The van der Waals surface area contributed by atoms with Crippen LogP contribution in [0.1, 0.15) is 11.1 Å². The number of hydrogen-bond acceptors (Lipinski definition) is 5. The molecule has 0 amide bonds. The minimum absolute atomic E-state index is 0.686. The maximum atomic E-state index is 5.44. The number of aromatic nitrogens is 3. The molecule has 0 unspecified atom stereocenters. The fraction of sp³-hybridized carbons (Fsp3) is 0.188. The lowest BCUT2D eigenvalue weighted by Gasteiger charge is -2.10. The molecule has 2 aromatic heterocycles. The van der Waals surface area contributed by atoms with Crippen molar-refractivity contribution in [2.45, 2.75) is 13.8 Å². The molecule has 0 N–H and O–H groups in total. The molecule has 1 aromatic carbocycles. The summed E-state index contributed by atoms with van der Waals surface area (Å²) in [5.41, 5.74) is 4.90. The van der Waals surface area contributed by atoms with Crippen LogP contribution in [0.25, 0.3) is 22.5 Å². The topological polar surface area (TPSA) is 61.0 Å². The van der Waals surface area contributed by atoms with Crippen molar-refractivity contribution in [2.75, 3.05) is 7.11 Å². The minimum Gasteiger partial charge on any atom is -0.496 e. The molecule has 0 aliphatic carbocycles. The molecule has 21 heavy (non-hydrogen) atoms. The van der Waals surface area contributed by atoms with Gasteiger partial charge in [-0.2, -0.15) is 0 Å². The summed E-state index contributed by atoms with van der Waals surface area (Å²) in [6.45, 7) is 4.08. The first-order valence-corrected chi connectivity index (χ1v) is 6.56. The molecule has 0 atom stereocenters. The highest BCUT2D eigenvalue weighted by Crippen LogP contribution is 2.35. The molecule has 0 saturated carbocycles. The second-order valence-corrected chi connectivity index (χ2v) is 4.82. The van der Waals surface area contributed by atoms with Gasteiger partial charge in [-0.05, 0) is 37.1 Å². The highest BCUT2D eigenvalue weighted by atomic mass is 16.5. The Morgan fingerprint density at radius 2 is 1.76 bits per heavy atom. The van der Waals surface area contributed by atoms with Crippen molar-refractivity contribution in [3.63, 3.8) is 0 Å². The van der Waals surface area contributed by atoms with Crippen LogP contribution in [0.2, 0.25) is 0 Å². The highest BCUT2D eigenvalue weighted by Gasteiger charge is 2.15. The van der Waals surface area contributed by atoms with Gasteiger partial charge in [0, 0.05) is 23.5 Å². The van der Waals surface area contributed by atoms with Gasteiger partial charge in [0.2, 0.25) is 0 Å². The van der Waals surface area contributed by atoms with Crippen LogP contribution >= 0.6 is 0 Å². The van der Waals surface area contributed by atoms with Gasteiger partial charge < -0.3 is 9.26 Å². The number of rotatable bonds is 3. The summed E-state index contributed by atoms with van der Waals surface area (Å²) < 4.78 is 10.9. The lowest BCUT2D eigenvalue weighted by atomic mass is 10.00. The Bertz CT molecular complexity index is 766. The van der Waals surface area contributed by atoms with Crippen LogP contribution in [0, 0.1) is 13.8 Å². The van der Waals surface area contributed by atoms with E-state index in [2.05, 4.69) is 21.2 Å². The monoisotopic (exact) mass is 281 g/mol. The summed E-state index contributed by atoms with van der Waals surface area (Å²) in [4.78, 5) is 8.07. The van der Waals surface area contributed by atoms with Gasteiger partial charge in [0.05, 0.1) is 18.9 Å². The number of benzene rings is 1. The first kappa shape index (κ1) is 13.3. The third kappa shape index (κ3) is 2.38. The van der Waals surface area contributed by atoms with Gasteiger partial charge in [-0.15, -0.1) is 0 Å². The lowest BCUT2D eigenvalue weighted by Crippen LogP contribution is -1.92. The fourth-order valence-corrected chi connectivity index (χ4v) is 2.26. The molecule has 0 saturated heterocycles. The average molecular weight is 281 g/mol. The first-order valence-electron chi connectivity index (χ1n) is 6.56. The molecule has 5 nitrogen and oxygen atoms in total. The second-order valence-electron chi connectivity index (χ2n) is 4.82. The predicted octanol–water partition coefficient (Wildman–Crippen LogP) is 3.42. The Labute approximate surface area is 122 Å². The van der Waals surface area contributed by atoms with E-state index in [1.54, 1.807) is 25.7 Å². The minimum atomic E-state index is 0.686. The van der Waals surface area contributed by atoms with Crippen molar-refractivity contribution in [3.05, 3.63) is 48.2 Å². The average Bonchev–Trinajstić information content (AvgIpc) is 3.00. The number of aryl methyl sites for hydroxylation is 1. The Balaban J connectivity index is 2.15. The van der Waals surface area contributed by atoms with Gasteiger partial charge >= 0.3 is 0 Å². The summed E-state index contributed by atoms with van der Waals surface area (Å²) in [5, 5.41) is 3.91. The molecule has 0 aliphatic heterocycles. The van der Waals surface area contributed by atoms with Crippen LogP contribution in [-0.2, 0) is 0 Å². The van der Waals surface area contributed by atoms with E-state index in [1.807, 2.05) is 19.9 Å². The van der Waals surface area contributed by atoms with Crippen molar-refractivity contribution < 1.29 is 9.26 Å². The van der Waals surface area contributed by atoms with Crippen molar-refractivity contribution in [3.8, 4) is 28.2 Å². The molecule has 0 spiro atoms. The van der Waals surface area contributed by atoms with E-state index in [9.17, 15) is 0 Å². The van der Waals surface area contributed by atoms with Crippen LogP contribution < -0.4 is 4.74 Å². The van der Waals surface area contributed by atoms with Gasteiger partial charge in [-0.3, -0.25) is 0 Å². The summed E-state index contributed by atoms with van der Waals surface area (Å²) in [6.07, 6.45) is 6.65. The molecule has 0 fully saturated rings. The highest BCUT2D eigenvalue weighted by molar-refractivity contribution is 5.79. The molecular formula is C16H15N3O2. The van der Waals surface area contributed by atoms with Crippen molar-refractivity contribution >= 4 is 0 Å². The van der Waals surface area contributed by atoms with Crippen molar-refractivity contribution in [2.24, 2.45) is 0 Å². The maximum Gasteiger partial charge on any atom is 0.174 e. The molecule has 3 rings (SSSR count). The molecule has 106 valence electrons. The second kappa shape index (κ2) is 5.36. The summed E-state index contributed by atoms with van der Waals surface area (Å²) in [6, 6.07) is 4.02. The van der Waals surface area contributed by atoms with Gasteiger partial charge in [0.25, 0.3) is 0 Å². The zero-order valence-electron chi connectivity index (χ0n) is 12.1. The van der Waals surface area contributed by atoms with E-state index >= 15 is 0 Å². The van der Waals surface area contributed by atoms with Crippen LogP contribution in [0.3, 0.4) is 0 Å². The molecule has 0 aliphatic rings. The third-order valence-electron chi connectivity index (χ3n) is 3.54. The van der Waals surface area contributed by atoms with Crippen LogP contribution in [0.4, 0.5) is 0 Å². The van der Waals surface area contributed by atoms with E-state index in [-0.39, 0.29) is 0 Å². The smallest absolute Gasteiger partial charge is 0.174 e. The van der Waals surface area contributed by atoms with Crippen LogP contribution in [0.15, 0.2) is 41.6 Å². The van der Waals surface area contributed by atoms with Crippen LogP contribution in [-0.4, -0.2) is 22.2 Å². The van der Waals surface area contributed by atoms with E-state index in [0.29, 0.717) is 5.76 Å². The van der Waals surface area contributed by atoms with Gasteiger partial charge in [0.15, 0.2) is 5.76 Å². The lowest BCUT2D eigenvalue weighted by molar-refractivity contribution is 0.410. The molecule has 5 heteroatoms. The summed E-state index contributed by atoms with van der Waals surface area (Å²) >= 11 is 0. The molecule has 0 bridgehead atoms. The van der Waals surface area contributed by atoms with E-state index in [4.69, 9.17) is 9.26 Å². The Hall–Kier alpha value is -2.69. The Morgan fingerprint density at radius 3 is 2.48 bits per heavy atom. The Kier molecular flexibility index (Phi) is 3.39. The first-order chi connectivity index (χ1) is 10.2. The molecule has 0 radical (unpaired) electrons. The van der Waals surface area contributed by atoms with Crippen molar-refractivity contribution in [1.82, 2.24) is 15.1 Å². The number of methoxy groups -OCH3 is 1. The standard InChI is InChI=1S/C16H15N3O2/c1-10-4-12(5-15(20-3)11(10)2)16-14(8-19-21-16)13-6-17-9-18-7-13/h4-9H,1-3H3. The number of hydrogen-bond donors (Lipinski definition) is 0. The number of nitrogens with zero attached hydrogens (tertiary/aromatic N) is 3. The SMILES string of the molecule is COc1cc(-c2oncc2-c2cncnc2)cc(C)c1C. The van der Waals surface area contributed by atoms with E-state index in [1.165, 1.54) is 6.33 Å². The zero-order valence-corrected chi connectivity index (χ0v) is 12.1. The Morgan fingerprint density at radius 1 is 1.00 bits per heavy atom. The zero-order chi connectivity index (χ0) is 14.8. The molecular weight excluding hydrogens is 266 g/mol. The fourth-order valence-electron chi connectivity index (χ4n) is 2.26. The van der Waals surface area contributed by atoms with E-state index in [0.717, 1.165) is 33.6 Å². The van der Waals surface area contributed by atoms with Gasteiger partial charge in [0.1, 0.15) is 12.1 Å². The summed E-state index contributed by atoms with van der Waals surface area (Å²) in [5.74, 6) is 1.52. The van der Waals surface area contributed by atoms with Gasteiger partial charge in [-0.1, -0.05) is 5.16 Å². The van der Waals surface area contributed by atoms with Crippen LogP contribution in [0.5, 0.6) is 5.75 Å². The van der Waals surface area contributed by atoms with Crippen molar-refractivity contribution in [1.29, 1.82) is 0 Å².